The van der Waals surface area contributed by atoms with Gasteiger partial charge >= 0.3 is 12.3 Å². The van der Waals surface area contributed by atoms with Crippen molar-refractivity contribution >= 4 is 12.0 Å². The smallest absolute Gasteiger partial charge is 0.433 e. The second-order valence-electron chi connectivity index (χ2n) is 9.79. The zero-order chi connectivity index (χ0) is 28.1. The molecule has 0 aliphatic carbocycles. The molecule has 38 heavy (non-hydrogen) atoms. The molecule has 0 bridgehead atoms. The Labute approximate surface area is 218 Å². The monoisotopic (exact) mass is 541 g/mol. The van der Waals surface area contributed by atoms with Gasteiger partial charge in [0.25, 0.3) is 0 Å². The maximum absolute atomic E-state index is 14.5. The number of carbonyl (C=O) groups is 2. The number of methoxy groups -OCH3 is 1. The summed E-state index contributed by atoms with van der Waals surface area (Å²) in [5.74, 6) is -1.40. The zero-order valence-corrected chi connectivity index (χ0v) is 21.7. The summed E-state index contributed by atoms with van der Waals surface area (Å²) in [6.07, 6.45) is -4.19. The number of amides is 2. The lowest BCUT2D eigenvalue weighted by Crippen LogP contribution is -2.47. The quantitative estimate of drug-likeness (QED) is 0.376. The van der Waals surface area contributed by atoms with Crippen LogP contribution in [0.1, 0.15) is 44.9 Å². The predicted octanol–water partition coefficient (Wildman–Crippen LogP) is 4.95. The molecule has 0 radical (unpaired) electrons. The van der Waals surface area contributed by atoms with E-state index in [1.807, 2.05) is 0 Å². The molecule has 8 nitrogen and oxygen atoms in total. The second kappa shape index (κ2) is 12.0. The Morgan fingerprint density at radius 1 is 1.13 bits per heavy atom. The Kier molecular flexibility index (Phi) is 9.18. The molecule has 1 aromatic heterocycles. The van der Waals surface area contributed by atoms with Gasteiger partial charge in [-0.2, -0.15) is 13.2 Å². The van der Waals surface area contributed by atoms with Crippen molar-refractivity contribution in [3.8, 4) is 17.0 Å². The summed E-state index contributed by atoms with van der Waals surface area (Å²) in [6, 6.07) is 5.09. The molecule has 1 saturated heterocycles. The van der Waals surface area contributed by atoms with E-state index in [0.29, 0.717) is 24.9 Å². The number of nitrogens with one attached hydrogen (secondary N) is 1. The maximum Gasteiger partial charge on any atom is 0.433 e. The molecule has 0 saturated carbocycles. The fourth-order valence-electron chi connectivity index (χ4n) is 3.94. The summed E-state index contributed by atoms with van der Waals surface area (Å²) in [7, 11) is 1.41. The maximum atomic E-state index is 14.5. The van der Waals surface area contributed by atoms with Crippen molar-refractivity contribution in [2.24, 2.45) is 0 Å². The van der Waals surface area contributed by atoms with Crippen molar-refractivity contribution < 1.29 is 41.4 Å². The molecule has 0 spiro atoms. The highest BCUT2D eigenvalue weighted by Crippen LogP contribution is 2.35. The van der Waals surface area contributed by atoms with Crippen molar-refractivity contribution in [1.29, 1.82) is 0 Å². The highest BCUT2D eigenvalue weighted by atomic mass is 19.4. The van der Waals surface area contributed by atoms with Gasteiger partial charge in [0.1, 0.15) is 29.8 Å². The molecule has 1 fully saturated rings. The average molecular weight is 542 g/mol. The summed E-state index contributed by atoms with van der Waals surface area (Å²) >= 11 is 0. The van der Waals surface area contributed by atoms with E-state index in [1.54, 1.807) is 20.8 Å². The van der Waals surface area contributed by atoms with E-state index in [1.165, 1.54) is 24.1 Å². The van der Waals surface area contributed by atoms with Crippen LogP contribution in [0.5, 0.6) is 5.88 Å². The number of halogens is 4. The van der Waals surface area contributed by atoms with Crippen LogP contribution in [0.2, 0.25) is 0 Å². The highest BCUT2D eigenvalue weighted by molar-refractivity contribution is 5.86. The molecule has 2 aromatic rings. The lowest BCUT2D eigenvalue weighted by atomic mass is 10.0. The SMILES string of the molecule is COCCOc1nc(C(F)(F)F)ccc1-c1cc(F)cc(CNC(=O)C2CCCN2C(=O)OC(C)(C)C)c1. The second-order valence-corrected chi connectivity index (χ2v) is 9.79. The van der Waals surface area contributed by atoms with Gasteiger partial charge in [-0.05, 0) is 75.1 Å². The number of aromatic nitrogens is 1. The first-order chi connectivity index (χ1) is 17.8. The molecule has 1 aliphatic heterocycles. The van der Waals surface area contributed by atoms with Crippen LogP contribution in [0.3, 0.4) is 0 Å². The van der Waals surface area contributed by atoms with Gasteiger partial charge in [0.15, 0.2) is 0 Å². The molecule has 1 unspecified atom stereocenters. The number of hydrogen-bond acceptors (Lipinski definition) is 6. The number of carbonyl (C=O) groups excluding carboxylic acids is 2. The summed E-state index contributed by atoms with van der Waals surface area (Å²) in [5, 5.41) is 2.71. The molecule has 1 aromatic carbocycles. The number of ether oxygens (including phenoxy) is 3. The number of rotatable bonds is 8. The molecule has 3 rings (SSSR count). The van der Waals surface area contributed by atoms with Crippen LogP contribution >= 0.6 is 0 Å². The van der Waals surface area contributed by atoms with Crippen molar-refractivity contribution in [3.63, 3.8) is 0 Å². The van der Waals surface area contributed by atoms with E-state index < -0.39 is 41.3 Å². The first kappa shape index (κ1) is 29.2. The Bertz CT molecular complexity index is 1150. The number of benzene rings is 1. The van der Waals surface area contributed by atoms with Gasteiger partial charge in [-0.25, -0.2) is 14.2 Å². The van der Waals surface area contributed by atoms with Crippen LogP contribution in [0.15, 0.2) is 30.3 Å². The fourth-order valence-corrected chi connectivity index (χ4v) is 3.94. The Hall–Kier alpha value is -3.41. The highest BCUT2D eigenvalue weighted by Gasteiger charge is 2.36. The van der Waals surface area contributed by atoms with Crippen molar-refractivity contribution in [3.05, 3.63) is 47.4 Å². The third-order valence-electron chi connectivity index (χ3n) is 5.60. The van der Waals surface area contributed by atoms with Gasteiger partial charge in [0.2, 0.25) is 11.8 Å². The van der Waals surface area contributed by atoms with E-state index in [9.17, 15) is 27.2 Å². The molecule has 208 valence electrons. The zero-order valence-electron chi connectivity index (χ0n) is 21.7. The van der Waals surface area contributed by atoms with Gasteiger partial charge < -0.3 is 19.5 Å². The van der Waals surface area contributed by atoms with Gasteiger partial charge in [-0.3, -0.25) is 9.69 Å². The summed E-state index contributed by atoms with van der Waals surface area (Å²) in [4.78, 5) is 30.3. The summed E-state index contributed by atoms with van der Waals surface area (Å²) < 4.78 is 69.8. The standard InChI is InChI=1S/C26H31F4N3O5/c1-25(2,3)38-24(35)33-9-5-6-20(33)22(34)31-15-16-12-17(14-18(27)13-16)19-7-8-21(26(28,29)30)32-23(19)37-11-10-36-4/h7-8,12-14,20H,5-6,9-11,15H2,1-4H3,(H,31,34). The first-order valence-electron chi connectivity index (χ1n) is 12.1. The molecule has 1 aliphatic rings. The fraction of sp³-hybridized carbons (Fsp3) is 0.500. The van der Waals surface area contributed by atoms with E-state index in [-0.39, 0.29) is 36.8 Å². The molecule has 12 heteroatoms. The van der Waals surface area contributed by atoms with Crippen LogP contribution in [0.4, 0.5) is 22.4 Å². The molecule has 2 amide bonds. The van der Waals surface area contributed by atoms with Crippen molar-refractivity contribution in [2.45, 2.75) is 58.0 Å². The third-order valence-corrected chi connectivity index (χ3v) is 5.60. The Balaban J connectivity index is 1.79. The topological polar surface area (TPSA) is 90.0 Å². The normalized spacial score (nSPS) is 15.9. The van der Waals surface area contributed by atoms with Crippen LogP contribution in [-0.4, -0.2) is 60.4 Å². The molecule has 2 heterocycles. The number of alkyl halides is 3. The minimum Gasteiger partial charge on any atom is -0.475 e. The lowest BCUT2D eigenvalue weighted by Gasteiger charge is -2.28. The number of nitrogens with zero attached hydrogens (tertiary/aromatic N) is 2. The molecular formula is C26H31F4N3O5. The molecule has 1 atom stereocenters. The minimum absolute atomic E-state index is 0.0639. The number of likely N-dealkylation sites (tertiary alicyclic amines) is 1. The number of hydrogen-bond donors (Lipinski definition) is 1. The summed E-state index contributed by atoms with van der Waals surface area (Å²) in [6.45, 7) is 5.55. The van der Waals surface area contributed by atoms with Crippen LogP contribution in [0, 0.1) is 5.82 Å². The Morgan fingerprint density at radius 3 is 2.53 bits per heavy atom. The largest absolute Gasteiger partial charge is 0.475 e. The van der Waals surface area contributed by atoms with E-state index in [4.69, 9.17) is 14.2 Å². The van der Waals surface area contributed by atoms with Crippen LogP contribution in [-0.2, 0) is 27.0 Å². The van der Waals surface area contributed by atoms with Crippen molar-refractivity contribution in [2.75, 3.05) is 26.9 Å². The van der Waals surface area contributed by atoms with E-state index in [2.05, 4.69) is 10.3 Å². The average Bonchev–Trinajstić information content (AvgIpc) is 3.31. The Morgan fingerprint density at radius 2 is 1.87 bits per heavy atom. The lowest BCUT2D eigenvalue weighted by molar-refractivity contribution is -0.141. The molecular weight excluding hydrogens is 510 g/mol. The van der Waals surface area contributed by atoms with Crippen LogP contribution < -0.4 is 10.1 Å². The van der Waals surface area contributed by atoms with Gasteiger partial charge in [0, 0.05) is 25.8 Å². The van der Waals surface area contributed by atoms with Gasteiger partial charge in [-0.1, -0.05) is 0 Å². The van der Waals surface area contributed by atoms with Crippen molar-refractivity contribution in [1.82, 2.24) is 15.2 Å². The number of pyridine rings is 1. The molecule has 1 N–H and O–H groups in total. The first-order valence-corrected chi connectivity index (χ1v) is 12.1. The predicted molar refractivity (Wildman–Crippen MR) is 130 cm³/mol. The van der Waals surface area contributed by atoms with E-state index in [0.717, 1.165) is 18.2 Å². The van der Waals surface area contributed by atoms with E-state index >= 15 is 0 Å². The van der Waals surface area contributed by atoms with Gasteiger partial charge in [0.05, 0.1) is 6.61 Å². The minimum atomic E-state index is -4.69. The van der Waals surface area contributed by atoms with Crippen LogP contribution in [0.25, 0.3) is 11.1 Å². The third kappa shape index (κ3) is 7.80. The van der Waals surface area contributed by atoms with Gasteiger partial charge in [-0.15, -0.1) is 0 Å². The summed E-state index contributed by atoms with van der Waals surface area (Å²) in [5.41, 5.74) is -1.13.